The first-order chi connectivity index (χ1) is 6.61. The summed E-state index contributed by atoms with van der Waals surface area (Å²) in [6.45, 7) is 1.95. The molecule has 3 heteroatoms. The molecule has 2 aromatic rings. The first kappa shape index (κ1) is 8.81. The lowest BCUT2D eigenvalue weighted by Crippen LogP contribution is -2.32. The maximum absolute atomic E-state index is 9.69. The van der Waals surface area contributed by atoms with Crippen molar-refractivity contribution in [3.8, 4) is 11.5 Å². The minimum atomic E-state index is -0.0845. The molecule has 0 spiro atoms. The maximum atomic E-state index is 9.69. The van der Waals surface area contributed by atoms with E-state index in [0.717, 1.165) is 11.1 Å². The summed E-state index contributed by atoms with van der Waals surface area (Å²) in [5.74, 6) is -0.146. The van der Waals surface area contributed by atoms with Gasteiger partial charge in [0.25, 0.3) is 5.52 Å². The number of aromatic hydroxyl groups is 2. The number of phenolic OH excluding ortho intramolecular Hbond substituents is 2. The molecule has 0 saturated heterocycles. The van der Waals surface area contributed by atoms with Crippen LogP contribution in [0.25, 0.3) is 10.9 Å². The summed E-state index contributed by atoms with van der Waals surface area (Å²) in [6, 6.07) is 7.17. The van der Waals surface area contributed by atoms with Crippen molar-refractivity contribution in [2.75, 3.05) is 0 Å². The molecule has 0 bridgehead atoms. The van der Waals surface area contributed by atoms with Crippen LogP contribution in [-0.4, -0.2) is 10.2 Å². The van der Waals surface area contributed by atoms with Crippen LogP contribution in [0.5, 0.6) is 11.5 Å². The second-order valence-electron chi connectivity index (χ2n) is 3.40. The van der Waals surface area contributed by atoms with Gasteiger partial charge in [0.1, 0.15) is 7.05 Å². The highest BCUT2D eigenvalue weighted by atomic mass is 16.3. The van der Waals surface area contributed by atoms with E-state index < -0.39 is 0 Å². The smallest absolute Gasteiger partial charge is 0.258 e. The predicted octanol–water partition coefficient (Wildman–Crippen LogP) is 1.38. The van der Waals surface area contributed by atoms with Crippen LogP contribution in [0.4, 0.5) is 0 Å². The normalized spacial score (nSPS) is 10.7. The van der Waals surface area contributed by atoms with Gasteiger partial charge >= 0.3 is 0 Å². The van der Waals surface area contributed by atoms with Crippen LogP contribution in [0.1, 0.15) is 5.69 Å². The highest BCUT2D eigenvalue weighted by Gasteiger charge is 2.15. The van der Waals surface area contributed by atoms with E-state index in [-0.39, 0.29) is 11.5 Å². The van der Waals surface area contributed by atoms with Gasteiger partial charge in [0, 0.05) is 13.0 Å². The number of aryl methyl sites for hydroxylation is 2. The van der Waals surface area contributed by atoms with Gasteiger partial charge in [-0.05, 0) is 18.2 Å². The minimum Gasteiger partial charge on any atom is -0.504 e. The third-order valence-electron chi connectivity index (χ3n) is 2.53. The molecule has 0 aliphatic rings. The maximum Gasteiger partial charge on any atom is 0.258 e. The molecule has 0 unspecified atom stereocenters. The molecule has 0 radical (unpaired) electrons. The van der Waals surface area contributed by atoms with Crippen LogP contribution in [0.3, 0.4) is 0 Å². The van der Waals surface area contributed by atoms with E-state index in [1.165, 1.54) is 6.07 Å². The Labute approximate surface area is 81.9 Å². The molecule has 0 atom stereocenters. The van der Waals surface area contributed by atoms with E-state index in [4.69, 9.17) is 0 Å². The van der Waals surface area contributed by atoms with Gasteiger partial charge in [-0.2, -0.15) is 4.57 Å². The highest BCUT2D eigenvalue weighted by molar-refractivity contribution is 5.83. The zero-order chi connectivity index (χ0) is 10.3. The molecule has 72 valence electrons. The molecular weight excluding hydrogens is 178 g/mol. The largest absolute Gasteiger partial charge is 0.504 e. The predicted molar refractivity (Wildman–Crippen MR) is 53.2 cm³/mol. The average molecular weight is 190 g/mol. The summed E-state index contributed by atoms with van der Waals surface area (Å²) < 4.78 is 1.85. The number of phenols is 2. The van der Waals surface area contributed by atoms with Crippen molar-refractivity contribution in [2.45, 2.75) is 6.92 Å². The second kappa shape index (κ2) is 2.87. The third kappa shape index (κ3) is 1.09. The molecule has 0 amide bonds. The van der Waals surface area contributed by atoms with Crippen LogP contribution < -0.4 is 4.57 Å². The number of rotatable bonds is 0. The first-order valence-electron chi connectivity index (χ1n) is 4.41. The topological polar surface area (TPSA) is 44.3 Å². The minimum absolute atomic E-state index is 0.0614. The fourth-order valence-corrected chi connectivity index (χ4v) is 1.57. The molecule has 14 heavy (non-hydrogen) atoms. The van der Waals surface area contributed by atoms with E-state index in [1.807, 2.05) is 30.7 Å². The lowest BCUT2D eigenvalue weighted by Gasteiger charge is -2.02. The number of hydrogen-bond donors (Lipinski definition) is 2. The molecule has 0 aliphatic carbocycles. The Bertz CT molecular complexity index is 463. The summed E-state index contributed by atoms with van der Waals surface area (Å²) >= 11 is 0. The summed E-state index contributed by atoms with van der Waals surface area (Å²) in [7, 11) is 1.86. The van der Waals surface area contributed by atoms with Crippen molar-refractivity contribution in [2.24, 2.45) is 7.05 Å². The number of aromatic nitrogens is 1. The van der Waals surface area contributed by atoms with Crippen LogP contribution in [0.2, 0.25) is 0 Å². The van der Waals surface area contributed by atoms with Gasteiger partial charge in [0.15, 0.2) is 11.4 Å². The SMILES string of the molecule is Cc1ccc2ccc(O)c(O)c2[n+]1C. The number of fused-ring (bicyclic) bond motifs is 1. The van der Waals surface area contributed by atoms with Crippen LogP contribution in [-0.2, 0) is 7.05 Å². The Morgan fingerprint density at radius 2 is 1.71 bits per heavy atom. The van der Waals surface area contributed by atoms with E-state index in [0.29, 0.717) is 5.52 Å². The molecule has 1 aromatic heterocycles. The molecule has 1 heterocycles. The summed E-state index contributed by atoms with van der Waals surface area (Å²) in [5.41, 5.74) is 1.68. The Kier molecular flexibility index (Phi) is 1.81. The molecule has 0 saturated carbocycles. The number of hydrogen-bond acceptors (Lipinski definition) is 2. The van der Waals surface area contributed by atoms with Gasteiger partial charge in [-0.15, -0.1) is 0 Å². The molecule has 2 rings (SSSR count). The van der Waals surface area contributed by atoms with Gasteiger partial charge in [-0.25, -0.2) is 0 Å². The van der Waals surface area contributed by atoms with Crippen LogP contribution >= 0.6 is 0 Å². The highest BCUT2D eigenvalue weighted by Crippen LogP contribution is 2.30. The van der Waals surface area contributed by atoms with E-state index in [9.17, 15) is 10.2 Å². The van der Waals surface area contributed by atoms with Crippen LogP contribution in [0.15, 0.2) is 24.3 Å². The Morgan fingerprint density at radius 3 is 2.43 bits per heavy atom. The summed E-state index contributed by atoms with van der Waals surface area (Å²) in [6.07, 6.45) is 0. The average Bonchev–Trinajstić information content (AvgIpc) is 2.17. The zero-order valence-corrected chi connectivity index (χ0v) is 8.15. The summed E-state index contributed by atoms with van der Waals surface area (Å²) in [4.78, 5) is 0. The number of benzene rings is 1. The lowest BCUT2D eigenvalue weighted by atomic mass is 10.1. The Hall–Kier alpha value is -1.77. The lowest BCUT2D eigenvalue weighted by molar-refractivity contribution is -0.651. The van der Waals surface area contributed by atoms with Crippen molar-refractivity contribution in [1.29, 1.82) is 0 Å². The van der Waals surface area contributed by atoms with Gasteiger partial charge in [0.2, 0.25) is 5.75 Å². The number of pyridine rings is 1. The standard InChI is InChI=1S/C11H11NO2/c1-7-3-4-8-5-6-9(13)11(14)10(8)12(7)2/h3-6,14H,1-2H3/p+1. The first-order valence-corrected chi connectivity index (χ1v) is 4.41. The van der Waals surface area contributed by atoms with Gasteiger partial charge in [-0.1, -0.05) is 0 Å². The van der Waals surface area contributed by atoms with Gasteiger partial charge in [0.05, 0.1) is 5.39 Å². The number of nitrogens with zero attached hydrogens (tertiary/aromatic N) is 1. The van der Waals surface area contributed by atoms with E-state index >= 15 is 0 Å². The second-order valence-corrected chi connectivity index (χ2v) is 3.40. The molecule has 1 aromatic carbocycles. The van der Waals surface area contributed by atoms with Crippen LogP contribution in [0, 0.1) is 6.92 Å². The molecule has 2 N–H and O–H groups in total. The molecule has 0 aliphatic heterocycles. The molecule has 0 fully saturated rings. The van der Waals surface area contributed by atoms with Crippen molar-refractivity contribution in [3.63, 3.8) is 0 Å². The van der Waals surface area contributed by atoms with Gasteiger partial charge < -0.3 is 10.2 Å². The zero-order valence-electron chi connectivity index (χ0n) is 8.15. The third-order valence-corrected chi connectivity index (χ3v) is 2.53. The van der Waals surface area contributed by atoms with Crippen molar-refractivity contribution < 1.29 is 14.8 Å². The summed E-state index contributed by atoms with van der Waals surface area (Å²) in [5, 5.41) is 20.0. The fourth-order valence-electron chi connectivity index (χ4n) is 1.57. The molecular formula is C11H12NO2+. The van der Waals surface area contributed by atoms with E-state index in [2.05, 4.69) is 0 Å². The quantitative estimate of drug-likeness (QED) is 0.487. The fraction of sp³-hybridized carbons (Fsp3) is 0.182. The Morgan fingerprint density at radius 1 is 1.07 bits per heavy atom. The Balaban J connectivity index is 2.98. The van der Waals surface area contributed by atoms with Crippen molar-refractivity contribution >= 4 is 10.9 Å². The monoisotopic (exact) mass is 190 g/mol. The van der Waals surface area contributed by atoms with Crippen molar-refractivity contribution in [3.05, 3.63) is 30.0 Å². The van der Waals surface area contributed by atoms with Gasteiger partial charge in [-0.3, -0.25) is 0 Å². The van der Waals surface area contributed by atoms with Crippen molar-refractivity contribution in [1.82, 2.24) is 0 Å². The molecule has 3 nitrogen and oxygen atoms in total. The van der Waals surface area contributed by atoms with E-state index in [1.54, 1.807) is 6.07 Å².